The minimum Gasteiger partial charge on any atom is -0.393 e. The molecule has 3 saturated carbocycles. The lowest BCUT2D eigenvalue weighted by Gasteiger charge is -2.57. The first kappa shape index (κ1) is 14.3. The van der Waals surface area contributed by atoms with Crippen molar-refractivity contribution in [3.63, 3.8) is 0 Å². The zero-order valence-electron chi connectivity index (χ0n) is 13.5. The number of aliphatic hydroxyl groups is 2. The quantitative estimate of drug-likeness (QED) is 0.668. The number of hydrogen-bond acceptors (Lipinski definition) is 2. The van der Waals surface area contributed by atoms with E-state index in [4.69, 9.17) is 0 Å². The Morgan fingerprint density at radius 1 is 1.00 bits per heavy atom. The fraction of sp³-hybridized carbons (Fsp3) is 0.895. The van der Waals surface area contributed by atoms with Crippen molar-refractivity contribution in [1.29, 1.82) is 0 Å². The molecular formula is C19H30O2. The maximum Gasteiger partial charge on any atom is 0.0596 e. The van der Waals surface area contributed by atoms with Gasteiger partial charge in [-0.3, -0.25) is 0 Å². The van der Waals surface area contributed by atoms with Crippen molar-refractivity contribution in [2.75, 3.05) is 0 Å². The molecule has 118 valence electrons. The molecule has 21 heavy (non-hydrogen) atoms. The molecule has 0 spiro atoms. The van der Waals surface area contributed by atoms with E-state index in [1.807, 2.05) is 0 Å². The normalized spacial score (nSPS) is 56.2. The zero-order chi connectivity index (χ0) is 14.8. The number of hydrogen-bond donors (Lipinski definition) is 2. The molecule has 0 aromatic carbocycles. The van der Waals surface area contributed by atoms with Crippen LogP contribution < -0.4 is 0 Å². The second-order valence-electron chi connectivity index (χ2n) is 8.79. The Bertz CT molecular complexity index is 470. The van der Waals surface area contributed by atoms with Crippen molar-refractivity contribution in [3.05, 3.63) is 11.6 Å². The van der Waals surface area contributed by atoms with E-state index < -0.39 is 0 Å². The lowest BCUT2D eigenvalue weighted by molar-refractivity contribution is -0.0711. The number of fused-ring (bicyclic) bond motifs is 5. The number of allylic oxidation sites excluding steroid dienone is 1. The first-order chi connectivity index (χ1) is 9.95. The molecule has 0 aromatic heterocycles. The van der Waals surface area contributed by atoms with E-state index in [9.17, 15) is 10.2 Å². The summed E-state index contributed by atoms with van der Waals surface area (Å²) in [5.74, 6) is 2.27. The van der Waals surface area contributed by atoms with E-state index in [-0.39, 0.29) is 17.6 Å². The van der Waals surface area contributed by atoms with Crippen molar-refractivity contribution >= 4 is 0 Å². The van der Waals surface area contributed by atoms with Gasteiger partial charge >= 0.3 is 0 Å². The van der Waals surface area contributed by atoms with Gasteiger partial charge in [0, 0.05) is 0 Å². The molecule has 0 heterocycles. The van der Waals surface area contributed by atoms with Gasteiger partial charge in [0.1, 0.15) is 0 Å². The molecule has 3 fully saturated rings. The highest BCUT2D eigenvalue weighted by Crippen LogP contribution is 2.64. The first-order valence-corrected chi connectivity index (χ1v) is 9.01. The molecule has 2 nitrogen and oxygen atoms in total. The summed E-state index contributed by atoms with van der Waals surface area (Å²) in [7, 11) is 0. The molecule has 4 unspecified atom stereocenters. The van der Waals surface area contributed by atoms with E-state index >= 15 is 0 Å². The summed E-state index contributed by atoms with van der Waals surface area (Å²) < 4.78 is 0. The molecule has 0 amide bonds. The highest BCUT2D eigenvalue weighted by atomic mass is 16.3. The van der Waals surface area contributed by atoms with Crippen LogP contribution in [0.2, 0.25) is 0 Å². The summed E-state index contributed by atoms with van der Waals surface area (Å²) in [5, 5.41) is 20.5. The van der Waals surface area contributed by atoms with E-state index in [2.05, 4.69) is 19.9 Å². The summed E-state index contributed by atoms with van der Waals surface area (Å²) in [6.07, 6.45) is 11.2. The van der Waals surface area contributed by atoms with Gasteiger partial charge in [-0.05, 0) is 80.0 Å². The smallest absolute Gasteiger partial charge is 0.0596 e. The van der Waals surface area contributed by atoms with Crippen LogP contribution >= 0.6 is 0 Å². The highest BCUT2D eigenvalue weighted by Gasteiger charge is 2.58. The van der Waals surface area contributed by atoms with Gasteiger partial charge in [-0.2, -0.15) is 0 Å². The number of rotatable bonds is 0. The van der Waals surface area contributed by atoms with Crippen LogP contribution in [0, 0.1) is 28.6 Å². The summed E-state index contributed by atoms with van der Waals surface area (Å²) in [6.45, 7) is 4.81. The van der Waals surface area contributed by atoms with Crippen molar-refractivity contribution in [1.82, 2.24) is 0 Å². The molecule has 0 aliphatic heterocycles. The van der Waals surface area contributed by atoms with Crippen LogP contribution in [0.15, 0.2) is 11.6 Å². The Morgan fingerprint density at radius 2 is 1.81 bits per heavy atom. The molecule has 7 atom stereocenters. The van der Waals surface area contributed by atoms with Crippen LogP contribution in [0.4, 0.5) is 0 Å². The van der Waals surface area contributed by atoms with Crippen LogP contribution in [0.5, 0.6) is 0 Å². The average molecular weight is 290 g/mol. The number of aliphatic hydroxyl groups excluding tert-OH is 2. The maximum atomic E-state index is 10.5. The van der Waals surface area contributed by atoms with Crippen LogP contribution in [0.3, 0.4) is 0 Å². The lowest BCUT2D eigenvalue weighted by atomic mass is 9.48. The molecule has 0 radical (unpaired) electrons. The molecule has 0 saturated heterocycles. The summed E-state index contributed by atoms with van der Waals surface area (Å²) in [4.78, 5) is 0. The van der Waals surface area contributed by atoms with E-state index in [0.717, 1.165) is 37.5 Å². The Labute approximate surface area is 128 Å². The topological polar surface area (TPSA) is 40.5 Å². The molecule has 2 N–H and O–H groups in total. The fourth-order valence-corrected chi connectivity index (χ4v) is 6.61. The molecule has 0 aromatic rings. The lowest BCUT2D eigenvalue weighted by Crippen LogP contribution is -2.51. The minimum atomic E-state index is -0.108. The van der Waals surface area contributed by atoms with Crippen molar-refractivity contribution in [2.24, 2.45) is 28.6 Å². The Hall–Kier alpha value is -0.340. The van der Waals surface area contributed by atoms with Crippen LogP contribution in [-0.4, -0.2) is 22.4 Å². The Morgan fingerprint density at radius 3 is 2.62 bits per heavy atom. The van der Waals surface area contributed by atoms with Gasteiger partial charge in [-0.15, -0.1) is 0 Å². The fourth-order valence-electron chi connectivity index (χ4n) is 6.61. The van der Waals surface area contributed by atoms with Crippen molar-refractivity contribution < 1.29 is 10.2 Å². The van der Waals surface area contributed by atoms with Crippen molar-refractivity contribution in [2.45, 2.75) is 77.4 Å². The summed E-state index contributed by atoms with van der Waals surface area (Å²) in [6, 6.07) is 0. The van der Waals surface area contributed by atoms with Gasteiger partial charge in [-0.25, -0.2) is 0 Å². The van der Waals surface area contributed by atoms with Crippen molar-refractivity contribution in [3.8, 4) is 0 Å². The summed E-state index contributed by atoms with van der Waals surface area (Å²) >= 11 is 0. The predicted octanol–water partition coefficient (Wildman–Crippen LogP) is 3.67. The molecule has 2 heteroatoms. The third-order valence-electron chi connectivity index (χ3n) is 8.03. The van der Waals surface area contributed by atoms with E-state index in [1.54, 1.807) is 5.57 Å². The van der Waals surface area contributed by atoms with Gasteiger partial charge in [0.2, 0.25) is 0 Å². The van der Waals surface area contributed by atoms with Crippen LogP contribution in [0.1, 0.15) is 65.2 Å². The summed E-state index contributed by atoms with van der Waals surface area (Å²) in [5.41, 5.74) is 2.05. The average Bonchev–Trinajstić information content (AvgIpc) is 2.76. The van der Waals surface area contributed by atoms with Gasteiger partial charge in [0.05, 0.1) is 12.2 Å². The van der Waals surface area contributed by atoms with Gasteiger partial charge in [-0.1, -0.05) is 25.5 Å². The molecule has 4 aliphatic rings. The molecule has 4 rings (SSSR count). The maximum absolute atomic E-state index is 10.5. The molecular weight excluding hydrogens is 260 g/mol. The minimum absolute atomic E-state index is 0.0742. The molecule has 0 bridgehead atoms. The highest BCUT2D eigenvalue weighted by molar-refractivity contribution is 5.25. The zero-order valence-corrected chi connectivity index (χ0v) is 13.5. The predicted molar refractivity (Wildman–Crippen MR) is 83.7 cm³/mol. The first-order valence-electron chi connectivity index (χ1n) is 9.01. The van der Waals surface area contributed by atoms with Gasteiger partial charge < -0.3 is 10.2 Å². The third-order valence-corrected chi connectivity index (χ3v) is 8.03. The monoisotopic (exact) mass is 290 g/mol. The second-order valence-corrected chi connectivity index (χ2v) is 8.79. The largest absolute Gasteiger partial charge is 0.393 e. The standard InChI is InChI=1S/C19H30O2/c1-18-9-7-13(20)11-12(18)3-4-14-15-5-6-17(21)19(15,2)10-8-16(14)18/h3,13-17,20-21H,4-11H2,1-2H3/t13-,14?,15?,16?,17?,18-,19-/m0/s1. The Balaban J connectivity index is 1.68. The van der Waals surface area contributed by atoms with Gasteiger partial charge in [0.25, 0.3) is 0 Å². The van der Waals surface area contributed by atoms with E-state index in [0.29, 0.717) is 11.3 Å². The van der Waals surface area contributed by atoms with Gasteiger partial charge in [0.15, 0.2) is 0 Å². The molecule has 4 aliphatic carbocycles. The SMILES string of the molecule is C[C@]12CCC3C(CC=C4C[C@@H](O)CC[C@@]43C)C1CCC2O. The van der Waals surface area contributed by atoms with Crippen LogP contribution in [-0.2, 0) is 0 Å². The van der Waals surface area contributed by atoms with Crippen LogP contribution in [0.25, 0.3) is 0 Å². The Kier molecular flexibility index (Phi) is 3.11. The third kappa shape index (κ3) is 1.84. The van der Waals surface area contributed by atoms with E-state index in [1.165, 1.54) is 25.7 Å². The second kappa shape index (κ2) is 4.58.